The van der Waals surface area contributed by atoms with Gasteiger partial charge in [0.1, 0.15) is 0 Å². The molecule has 0 atom stereocenters. The first-order chi connectivity index (χ1) is 8.16. The Balaban J connectivity index is 3.18. The van der Waals surface area contributed by atoms with E-state index in [1.54, 1.807) is 0 Å². The van der Waals surface area contributed by atoms with Crippen molar-refractivity contribution in [1.82, 2.24) is 10.6 Å². The van der Waals surface area contributed by atoms with Crippen LogP contribution in [0.3, 0.4) is 0 Å². The van der Waals surface area contributed by atoms with Crippen LogP contribution < -0.4 is 10.6 Å². The molecule has 0 saturated heterocycles. The van der Waals surface area contributed by atoms with Gasteiger partial charge < -0.3 is 20.1 Å². The molecule has 0 unspecified atom stereocenters. The maximum Gasteiger partial charge on any atom is 0.166 e. The standard InChI is InChI=1S/C12H26N2O2S/c1-4-15-9-5-7-13-12(17)14-8-6-10-16-11(2)3/h11H,4-10H2,1-3H3,(H2,13,14,17). The van der Waals surface area contributed by atoms with Gasteiger partial charge in [0.25, 0.3) is 0 Å². The summed E-state index contributed by atoms with van der Waals surface area (Å²) < 4.78 is 10.7. The highest BCUT2D eigenvalue weighted by Crippen LogP contribution is 1.89. The smallest absolute Gasteiger partial charge is 0.166 e. The van der Waals surface area contributed by atoms with E-state index in [0.29, 0.717) is 11.2 Å². The maximum absolute atomic E-state index is 5.43. The second kappa shape index (κ2) is 12.1. The lowest BCUT2D eigenvalue weighted by molar-refractivity contribution is 0.0777. The molecule has 0 bridgehead atoms. The van der Waals surface area contributed by atoms with Crippen LogP contribution in [0.15, 0.2) is 0 Å². The largest absolute Gasteiger partial charge is 0.382 e. The zero-order valence-electron chi connectivity index (χ0n) is 11.3. The van der Waals surface area contributed by atoms with E-state index in [2.05, 4.69) is 10.6 Å². The monoisotopic (exact) mass is 262 g/mol. The zero-order chi connectivity index (χ0) is 12.9. The van der Waals surface area contributed by atoms with Crippen molar-refractivity contribution in [2.24, 2.45) is 0 Å². The first-order valence-corrected chi connectivity index (χ1v) is 6.78. The highest BCUT2D eigenvalue weighted by atomic mass is 32.1. The van der Waals surface area contributed by atoms with Crippen molar-refractivity contribution < 1.29 is 9.47 Å². The average molecular weight is 262 g/mol. The molecule has 0 aromatic carbocycles. The van der Waals surface area contributed by atoms with E-state index in [4.69, 9.17) is 21.7 Å². The second-order valence-electron chi connectivity index (χ2n) is 4.01. The average Bonchev–Trinajstić information content (AvgIpc) is 2.28. The molecular weight excluding hydrogens is 236 g/mol. The molecule has 102 valence electrons. The normalized spacial score (nSPS) is 10.6. The number of hydrogen-bond acceptors (Lipinski definition) is 3. The van der Waals surface area contributed by atoms with E-state index in [1.165, 1.54) is 0 Å². The summed E-state index contributed by atoms with van der Waals surface area (Å²) in [6, 6.07) is 0. The first-order valence-electron chi connectivity index (χ1n) is 6.37. The lowest BCUT2D eigenvalue weighted by Crippen LogP contribution is -2.36. The van der Waals surface area contributed by atoms with E-state index in [1.807, 2.05) is 20.8 Å². The summed E-state index contributed by atoms with van der Waals surface area (Å²) in [5, 5.41) is 7.00. The molecule has 4 nitrogen and oxygen atoms in total. The Labute approximate surface area is 110 Å². The minimum absolute atomic E-state index is 0.304. The Hall–Kier alpha value is -0.390. The fourth-order valence-electron chi connectivity index (χ4n) is 1.18. The van der Waals surface area contributed by atoms with Crippen molar-refractivity contribution in [3.63, 3.8) is 0 Å². The van der Waals surface area contributed by atoms with Crippen LogP contribution in [0.1, 0.15) is 33.6 Å². The predicted molar refractivity (Wildman–Crippen MR) is 75.4 cm³/mol. The molecule has 0 heterocycles. The Morgan fingerprint density at radius 2 is 1.71 bits per heavy atom. The van der Waals surface area contributed by atoms with Gasteiger partial charge >= 0.3 is 0 Å². The topological polar surface area (TPSA) is 42.5 Å². The Morgan fingerprint density at radius 3 is 2.24 bits per heavy atom. The van der Waals surface area contributed by atoms with Crippen molar-refractivity contribution in [2.45, 2.75) is 39.7 Å². The van der Waals surface area contributed by atoms with Gasteiger partial charge in [-0.3, -0.25) is 0 Å². The molecule has 0 aliphatic carbocycles. The number of thiocarbonyl (C=S) groups is 1. The van der Waals surface area contributed by atoms with Crippen LogP contribution in [0.4, 0.5) is 0 Å². The van der Waals surface area contributed by atoms with Crippen LogP contribution in [-0.2, 0) is 9.47 Å². The summed E-state index contributed by atoms with van der Waals surface area (Å²) in [5.74, 6) is 0. The van der Waals surface area contributed by atoms with E-state index in [9.17, 15) is 0 Å². The molecule has 0 spiro atoms. The number of nitrogens with one attached hydrogen (secondary N) is 2. The summed E-state index contributed by atoms with van der Waals surface area (Å²) in [4.78, 5) is 0. The molecule has 0 saturated carbocycles. The Bertz CT molecular complexity index is 189. The maximum atomic E-state index is 5.43. The van der Waals surface area contributed by atoms with Crippen LogP contribution in [0, 0.1) is 0 Å². The first kappa shape index (κ1) is 16.6. The minimum Gasteiger partial charge on any atom is -0.382 e. The molecule has 0 radical (unpaired) electrons. The SMILES string of the molecule is CCOCCCNC(=S)NCCCOC(C)C. The summed E-state index contributed by atoms with van der Waals surface area (Å²) in [6.07, 6.45) is 2.25. The Morgan fingerprint density at radius 1 is 1.12 bits per heavy atom. The van der Waals surface area contributed by atoms with Crippen molar-refractivity contribution in [3.8, 4) is 0 Å². The third-order valence-electron chi connectivity index (χ3n) is 2.01. The van der Waals surface area contributed by atoms with Crippen LogP contribution in [0.2, 0.25) is 0 Å². The summed E-state index contributed by atoms with van der Waals surface area (Å²) >= 11 is 5.13. The van der Waals surface area contributed by atoms with E-state index in [0.717, 1.165) is 45.8 Å². The number of ether oxygens (including phenoxy) is 2. The number of rotatable bonds is 10. The molecule has 17 heavy (non-hydrogen) atoms. The lowest BCUT2D eigenvalue weighted by Gasteiger charge is -2.11. The molecule has 2 N–H and O–H groups in total. The van der Waals surface area contributed by atoms with E-state index in [-0.39, 0.29) is 0 Å². The van der Waals surface area contributed by atoms with Crippen LogP contribution in [0.25, 0.3) is 0 Å². The van der Waals surface area contributed by atoms with Gasteiger partial charge in [0.15, 0.2) is 5.11 Å². The van der Waals surface area contributed by atoms with E-state index < -0.39 is 0 Å². The second-order valence-corrected chi connectivity index (χ2v) is 4.41. The molecule has 0 amide bonds. The highest BCUT2D eigenvalue weighted by molar-refractivity contribution is 7.80. The lowest BCUT2D eigenvalue weighted by atomic mass is 10.4. The van der Waals surface area contributed by atoms with Crippen LogP contribution >= 0.6 is 12.2 Å². The molecule has 5 heteroatoms. The van der Waals surface area contributed by atoms with Gasteiger partial charge in [-0.25, -0.2) is 0 Å². The van der Waals surface area contributed by atoms with Gasteiger partial charge in [-0.05, 0) is 45.8 Å². The molecule has 0 aliphatic rings. The van der Waals surface area contributed by atoms with Crippen LogP contribution in [0.5, 0.6) is 0 Å². The van der Waals surface area contributed by atoms with Gasteiger partial charge in [0.05, 0.1) is 6.10 Å². The molecular formula is C12H26N2O2S. The van der Waals surface area contributed by atoms with Crippen molar-refractivity contribution in [3.05, 3.63) is 0 Å². The summed E-state index contributed by atoms with van der Waals surface area (Å²) in [7, 11) is 0. The van der Waals surface area contributed by atoms with E-state index >= 15 is 0 Å². The van der Waals surface area contributed by atoms with Gasteiger partial charge in [0, 0.05) is 32.9 Å². The number of hydrogen-bond donors (Lipinski definition) is 2. The fraction of sp³-hybridized carbons (Fsp3) is 0.917. The molecule has 0 rings (SSSR count). The van der Waals surface area contributed by atoms with Gasteiger partial charge in [-0.2, -0.15) is 0 Å². The molecule has 0 fully saturated rings. The third kappa shape index (κ3) is 13.5. The predicted octanol–water partition coefficient (Wildman–Crippen LogP) is 1.69. The molecule has 0 aromatic rings. The Kier molecular flexibility index (Phi) is 11.8. The van der Waals surface area contributed by atoms with Crippen molar-refractivity contribution in [1.29, 1.82) is 0 Å². The van der Waals surface area contributed by atoms with Crippen molar-refractivity contribution >= 4 is 17.3 Å². The molecule has 0 aliphatic heterocycles. The summed E-state index contributed by atoms with van der Waals surface area (Å²) in [5.41, 5.74) is 0. The van der Waals surface area contributed by atoms with Gasteiger partial charge in [0.2, 0.25) is 0 Å². The van der Waals surface area contributed by atoms with Crippen LogP contribution in [-0.4, -0.2) is 44.1 Å². The van der Waals surface area contributed by atoms with Gasteiger partial charge in [-0.1, -0.05) is 0 Å². The van der Waals surface area contributed by atoms with Gasteiger partial charge in [-0.15, -0.1) is 0 Å². The highest BCUT2D eigenvalue weighted by Gasteiger charge is 1.96. The summed E-state index contributed by atoms with van der Waals surface area (Å²) in [6.45, 7) is 10.1. The quantitative estimate of drug-likeness (QED) is 0.463. The van der Waals surface area contributed by atoms with Crippen molar-refractivity contribution in [2.75, 3.05) is 32.9 Å². The minimum atomic E-state index is 0.304. The molecule has 0 aromatic heterocycles. The fourth-order valence-corrected chi connectivity index (χ4v) is 1.38. The third-order valence-corrected chi connectivity index (χ3v) is 2.30. The zero-order valence-corrected chi connectivity index (χ0v) is 12.1.